The summed E-state index contributed by atoms with van der Waals surface area (Å²) >= 11 is 0. The van der Waals surface area contributed by atoms with Gasteiger partial charge < -0.3 is 19.9 Å². The molecule has 5 nitrogen and oxygen atoms in total. The molecule has 2 N–H and O–H groups in total. The van der Waals surface area contributed by atoms with Gasteiger partial charge in [-0.25, -0.2) is 4.79 Å². The average molecular weight is 267 g/mol. The van der Waals surface area contributed by atoms with Crippen LogP contribution in [0.15, 0.2) is 18.2 Å². The zero-order chi connectivity index (χ0) is 14.5. The van der Waals surface area contributed by atoms with Gasteiger partial charge in [0.15, 0.2) is 0 Å². The topological polar surface area (TPSA) is 70.8 Å². The van der Waals surface area contributed by atoms with Gasteiger partial charge >= 0.3 is 5.97 Å². The Balaban J connectivity index is 2.66. The highest BCUT2D eigenvalue weighted by Crippen LogP contribution is 2.22. The molecule has 5 heteroatoms. The van der Waals surface area contributed by atoms with Gasteiger partial charge in [-0.1, -0.05) is 0 Å². The number of anilines is 1. The van der Waals surface area contributed by atoms with Gasteiger partial charge in [-0.05, 0) is 32.0 Å². The van der Waals surface area contributed by atoms with Crippen LogP contribution in [0, 0.1) is 0 Å². The molecule has 19 heavy (non-hydrogen) atoms. The molecule has 0 fully saturated rings. The van der Waals surface area contributed by atoms with Crippen molar-refractivity contribution in [3.05, 3.63) is 23.8 Å². The molecule has 0 atom stereocenters. The first-order valence-corrected chi connectivity index (χ1v) is 6.05. The second kappa shape index (κ2) is 6.43. The van der Waals surface area contributed by atoms with Crippen LogP contribution in [-0.2, 0) is 9.47 Å². The monoisotopic (exact) mass is 267 g/mol. The number of nitrogens with two attached hydrogens (primary N) is 1. The molecule has 106 valence electrons. The highest BCUT2D eigenvalue weighted by molar-refractivity contribution is 5.93. The van der Waals surface area contributed by atoms with Crippen molar-refractivity contribution in [2.45, 2.75) is 25.9 Å². The third kappa shape index (κ3) is 4.44. The summed E-state index contributed by atoms with van der Waals surface area (Å²) < 4.78 is 15.6. The van der Waals surface area contributed by atoms with E-state index < -0.39 is 5.97 Å². The molecule has 0 aromatic heterocycles. The Labute approximate surface area is 113 Å². The summed E-state index contributed by atoms with van der Waals surface area (Å²) in [5, 5.41) is 0. The number of hydrogen-bond donors (Lipinski definition) is 1. The van der Waals surface area contributed by atoms with Crippen molar-refractivity contribution in [1.29, 1.82) is 0 Å². The minimum atomic E-state index is -0.448. The van der Waals surface area contributed by atoms with Crippen LogP contribution in [0.3, 0.4) is 0 Å². The van der Waals surface area contributed by atoms with Crippen molar-refractivity contribution in [2.75, 3.05) is 26.6 Å². The SMILES string of the molecule is COc1ccc(N)cc1C(=O)OCCC(C)(C)OC. The summed E-state index contributed by atoms with van der Waals surface area (Å²) in [5.41, 5.74) is 6.16. The van der Waals surface area contributed by atoms with Gasteiger partial charge in [-0.2, -0.15) is 0 Å². The Bertz CT molecular complexity index is 443. The molecule has 0 spiro atoms. The number of carbonyl (C=O) groups is 1. The number of rotatable bonds is 6. The van der Waals surface area contributed by atoms with Crippen LogP contribution in [0.2, 0.25) is 0 Å². The number of esters is 1. The maximum absolute atomic E-state index is 12.0. The van der Waals surface area contributed by atoms with Crippen molar-refractivity contribution in [3.63, 3.8) is 0 Å². The van der Waals surface area contributed by atoms with Gasteiger partial charge in [0.2, 0.25) is 0 Å². The molecule has 0 saturated heterocycles. The lowest BCUT2D eigenvalue weighted by Gasteiger charge is -2.22. The zero-order valence-electron chi connectivity index (χ0n) is 11.9. The smallest absolute Gasteiger partial charge is 0.341 e. The second-order valence-corrected chi connectivity index (χ2v) is 4.81. The van der Waals surface area contributed by atoms with Crippen LogP contribution in [0.25, 0.3) is 0 Å². The summed E-state index contributed by atoms with van der Waals surface area (Å²) in [6.45, 7) is 4.14. The largest absolute Gasteiger partial charge is 0.496 e. The van der Waals surface area contributed by atoms with E-state index in [1.54, 1.807) is 25.3 Å². The van der Waals surface area contributed by atoms with Gasteiger partial charge in [-0.3, -0.25) is 0 Å². The predicted octanol–water partition coefficient (Wildman–Crippen LogP) is 2.25. The van der Waals surface area contributed by atoms with Gasteiger partial charge in [0.25, 0.3) is 0 Å². The van der Waals surface area contributed by atoms with Gasteiger partial charge in [-0.15, -0.1) is 0 Å². The van der Waals surface area contributed by atoms with E-state index in [0.717, 1.165) is 0 Å². The molecule has 0 aliphatic carbocycles. The molecule has 0 saturated carbocycles. The number of nitrogen functional groups attached to an aromatic ring is 1. The lowest BCUT2D eigenvalue weighted by Crippen LogP contribution is -2.25. The molecule has 1 aromatic carbocycles. The highest BCUT2D eigenvalue weighted by atomic mass is 16.5. The number of carbonyl (C=O) groups excluding carboxylic acids is 1. The molecular formula is C14H21NO4. The normalized spacial score (nSPS) is 11.2. The van der Waals surface area contributed by atoms with E-state index in [-0.39, 0.29) is 12.2 Å². The first kappa shape index (κ1) is 15.3. The van der Waals surface area contributed by atoms with Gasteiger partial charge in [0.1, 0.15) is 11.3 Å². The fourth-order valence-electron chi connectivity index (χ4n) is 1.45. The Morgan fingerprint density at radius 1 is 1.32 bits per heavy atom. The summed E-state index contributed by atoms with van der Waals surface area (Å²) in [7, 11) is 3.12. The Morgan fingerprint density at radius 3 is 2.58 bits per heavy atom. The maximum atomic E-state index is 12.0. The van der Waals surface area contributed by atoms with Crippen LogP contribution < -0.4 is 10.5 Å². The molecule has 0 amide bonds. The van der Waals surface area contributed by atoms with Crippen molar-refractivity contribution < 1.29 is 19.0 Å². The summed E-state index contributed by atoms with van der Waals surface area (Å²) in [5.74, 6) is 0.00116. The molecular weight excluding hydrogens is 246 g/mol. The molecule has 0 aliphatic rings. The standard InChI is InChI=1S/C14H21NO4/c1-14(2,18-4)7-8-19-13(16)11-9-10(15)5-6-12(11)17-3/h5-6,9H,7-8,15H2,1-4H3. The molecule has 0 aliphatic heterocycles. The van der Waals surface area contributed by atoms with E-state index in [1.165, 1.54) is 7.11 Å². The number of methoxy groups -OCH3 is 2. The predicted molar refractivity (Wildman–Crippen MR) is 73.4 cm³/mol. The quantitative estimate of drug-likeness (QED) is 0.632. The maximum Gasteiger partial charge on any atom is 0.341 e. The van der Waals surface area contributed by atoms with Crippen LogP contribution in [0.1, 0.15) is 30.6 Å². The van der Waals surface area contributed by atoms with Crippen LogP contribution in [0.5, 0.6) is 5.75 Å². The average Bonchev–Trinajstić information content (AvgIpc) is 2.38. The third-order valence-corrected chi connectivity index (χ3v) is 2.93. The van der Waals surface area contributed by atoms with E-state index >= 15 is 0 Å². The molecule has 0 unspecified atom stereocenters. The highest BCUT2D eigenvalue weighted by Gasteiger charge is 2.19. The van der Waals surface area contributed by atoms with Crippen LogP contribution in [-0.4, -0.2) is 32.4 Å². The minimum absolute atomic E-state index is 0.275. The van der Waals surface area contributed by atoms with Crippen molar-refractivity contribution in [3.8, 4) is 5.75 Å². The van der Waals surface area contributed by atoms with Gasteiger partial charge in [0, 0.05) is 19.2 Å². The summed E-state index contributed by atoms with van der Waals surface area (Å²) in [6.07, 6.45) is 0.611. The fraction of sp³-hybridized carbons (Fsp3) is 0.500. The molecule has 0 bridgehead atoms. The Hall–Kier alpha value is -1.75. The zero-order valence-corrected chi connectivity index (χ0v) is 11.9. The van der Waals surface area contributed by atoms with E-state index in [2.05, 4.69) is 0 Å². The van der Waals surface area contributed by atoms with Crippen LogP contribution >= 0.6 is 0 Å². The molecule has 0 radical (unpaired) electrons. The lowest BCUT2D eigenvalue weighted by atomic mass is 10.1. The third-order valence-electron chi connectivity index (χ3n) is 2.93. The molecule has 1 rings (SSSR count). The first-order chi connectivity index (χ1) is 8.89. The number of ether oxygens (including phenoxy) is 3. The number of benzene rings is 1. The first-order valence-electron chi connectivity index (χ1n) is 6.05. The Morgan fingerprint density at radius 2 is 2.00 bits per heavy atom. The summed E-state index contributed by atoms with van der Waals surface area (Å²) in [4.78, 5) is 12.0. The van der Waals surface area contributed by atoms with Gasteiger partial charge in [0.05, 0.1) is 19.3 Å². The van der Waals surface area contributed by atoms with Crippen LogP contribution in [0.4, 0.5) is 5.69 Å². The second-order valence-electron chi connectivity index (χ2n) is 4.81. The van der Waals surface area contributed by atoms with Crippen molar-refractivity contribution in [1.82, 2.24) is 0 Å². The Kier molecular flexibility index (Phi) is 5.18. The lowest BCUT2D eigenvalue weighted by molar-refractivity contribution is -0.00570. The van der Waals surface area contributed by atoms with Crippen molar-refractivity contribution >= 4 is 11.7 Å². The van der Waals surface area contributed by atoms with Crippen molar-refractivity contribution in [2.24, 2.45) is 0 Å². The molecule has 0 heterocycles. The molecule has 1 aromatic rings. The van der Waals surface area contributed by atoms with E-state index in [1.807, 2.05) is 13.8 Å². The van der Waals surface area contributed by atoms with E-state index in [0.29, 0.717) is 23.4 Å². The number of hydrogen-bond acceptors (Lipinski definition) is 5. The fourth-order valence-corrected chi connectivity index (χ4v) is 1.45. The van der Waals surface area contributed by atoms with E-state index in [4.69, 9.17) is 19.9 Å². The van der Waals surface area contributed by atoms with E-state index in [9.17, 15) is 4.79 Å². The summed E-state index contributed by atoms with van der Waals surface area (Å²) in [6, 6.07) is 4.86. The minimum Gasteiger partial charge on any atom is -0.496 e.